The Morgan fingerprint density at radius 3 is 2.84 bits per heavy atom. The zero-order chi connectivity index (χ0) is 38.6. The number of alkyl halides is 1. The van der Waals surface area contributed by atoms with Gasteiger partial charge in [-0.05, 0) is 68.4 Å². The van der Waals surface area contributed by atoms with Gasteiger partial charge in [-0.3, -0.25) is 14.7 Å². The Morgan fingerprint density at radius 2 is 2.05 bits per heavy atom. The van der Waals surface area contributed by atoms with E-state index in [1.807, 2.05) is 0 Å². The van der Waals surface area contributed by atoms with Gasteiger partial charge in [0.05, 0.1) is 28.2 Å². The van der Waals surface area contributed by atoms with Crippen LogP contribution in [0.2, 0.25) is 0 Å². The molecule has 3 aliphatic rings. The van der Waals surface area contributed by atoms with Crippen LogP contribution in [0.15, 0.2) is 54.6 Å². The molecule has 3 aromatic heterocycles. The van der Waals surface area contributed by atoms with Crippen LogP contribution in [0.4, 0.5) is 23.4 Å². The summed E-state index contributed by atoms with van der Waals surface area (Å²) in [7, 11) is 1.73. The van der Waals surface area contributed by atoms with Gasteiger partial charge < -0.3 is 19.6 Å². The Labute approximate surface area is 313 Å². The highest BCUT2D eigenvalue weighted by molar-refractivity contribution is 6.03. The Kier molecular flexibility index (Phi) is 9.24. The van der Waals surface area contributed by atoms with Gasteiger partial charge in [-0.15, -0.1) is 6.42 Å². The van der Waals surface area contributed by atoms with Gasteiger partial charge in [-0.25, -0.2) is 17.6 Å². The molecule has 1 amide bonds. The molecule has 0 bridgehead atoms. The second-order valence-corrected chi connectivity index (χ2v) is 14.4. The van der Waals surface area contributed by atoms with Crippen LogP contribution in [-0.4, -0.2) is 103 Å². The molecule has 1 N–H and O–H groups in total. The molecule has 3 unspecified atom stereocenters. The Balaban J connectivity index is 1.20. The second kappa shape index (κ2) is 14.1. The predicted octanol–water partition coefficient (Wildman–Crippen LogP) is 5.99. The molecule has 2 aromatic carbocycles. The molecular weight excluding hydrogens is 716 g/mol. The highest BCUT2D eigenvalue weighted by Gasteiger charge is 2.49. The minimum atomic E-state index is -1.00. The van der Waals surface area contributed by atoms with Crippen molar-refractivity contribution in [2.45, 2.75) is 56.4 Å². The number of halogens is 4. The van der Waals surface area contributed by atoms with Crippen molar-refractivity contribution in [3.05, 3.63) is 77.5 Å². The van der Waals surface area contributed by atoms with E-state index >= 15 is 8.78 Å². The zero-order valence-electron chi connectivity index (χ0n) is 30.0. The molecule has 5 aromatic rings. The maximum atomic E-state index is 17.0. The van der Waals surface area contributed by atoms with Crippen LogP contribution in [0.3, 0.4) is 0 Å². The summed E-state index contributed by atoms with van der Waals surface area (Å²) in [6, 6.07) is 7.27. The van der Waals surface area contributed by atoms with E-state index in [1.165, 1.54) is 47.6 Å². The number of fused-ring (bicyclic) bond motifs is 3. The maximum Gasteiger partial charge on any atom is 0.319 e. The Hall–Kier alpha value is -5.88. The van der Waals surface area contributed by atoms with Gasteiger partial charge in [-0.1, -0.05) is 12.0 Å². The largest absolute Gasteiger partial charge is 0.508 e. The number of aromatic hydroxyl groups is 1. The lowest BCUT2D eigenvalue weighted by Gasteiger charge is -2.33. The van der Waals surface area contributed by atoms with E-state index in [-0.39, 0.29) is 69.5 Å². The summed E-state index contributed by atoms with van der Waals surface area (Å²) >= 11 is 0. The average Bonchev–Trinajstić information content (AvgIpc) is 3.84. The van der Waals surface area contributed by atoms with E-state index in [1.54, 1.807) is 24.9 Å². The molecule has 15 heteroatoms. The fraction of sp³-hybridized carbons (Fsp3) is 0.350. The van der Waals surface area contributed by atoms with Crippen LogP contribution in [0.1, 0.15) is 43.9 Å². The first kappa shape index (κ1) is 36.1. The summed E-state index contributed by atoms with van der Waals surface area (Å²) in [5, 5.41) is 18.9. The highest BCUT2D eigenvalue weighted by Crippen LogP contribution is 2.42. The fourth-order valence-electron chi connectivity index (χ4n) is 8.55. The number of carbonyl (C=O) groups excluding carboxylic acids is 1. The molecule has 0 aliphatic carbocycles. The molecule has 0 spiro atoms. The molecule has 282 valence electrons. The number of carbonyl (C=O) groups is 1. The number of pyridine rings is 1. The molecule has 11 nitrogen and oxygen atoms in total. The number of rotatable bonds is 8. The molecule has 3 aliphatic heterocycles. The first-order valence-corrected chi connectivity index (χ1v) is 18.0. The molecule has 6 heterocycles. The van der Waals surface area contributed by atoms with Crippen LogP contribution >= 0.6 is 0 Å². The number of phenols is 1. The van der Waals surface area contributed by atoms with Crippen molar-refractivity contribution < 1.29 is 32.2 Å². The van der Waals surface area contributed by atoms with Gasteiger partial charge in [-0.2, -0.15) is 20.2 Å². The molecule has 0 saturated carbocycles. The average molecular weight is 753 g/mol. The van der Waals surface area contributed by atoms with Gasteiger partial charge in [0, 0.05) is 62.0 Å². The van der Waals surface area contributed by atoms with E-state index < -0.39 is 47.2 Å². The quantitative estimate of drug-likeness (QED) is 0.115. The van der Waals surface area contributed by atoms with Crippen LogP contribution in [0, 0.1) is 24.0 Å². The number of hydrogen-bond acceptors (Lipinski definition) is 10. The minimum absolute atomic E-state index is 0.0494. The van der Waals surface area contributed by atoms with Gasteiger partial charge in [0.1, 0.15) is 41.4 Å². The summed E-state index contributed by atoms with van der Waals surface area (Å²) in [5.41, 5.74) is -0.858. The lowest BCUT2D eigenvalue weighted by Crippen LogP contribution is -2.44. The molecular formula is C40H36F4N8O3. The van der Waals surface area contributed by atoms with Crippen molar-refractivity contribution in [1.82, 2.24) is 34.9 Å². The highest BCUT2D eigenvalue weighted by atomic mass is 19.1. The number of likely N-dealkylation sites (tertiary alicyclic amines) is 1. The normalized spacial score (nSPS) is 22.7. The Morgan fingerprint density at radius 1 is 1.22 bits per heavy atom. The lowest BCUT2D eigenvalue weighted by atomic mass is 9.95. The number of benzene rings is 2. The minimum Gasteiger partial charge on any atom is -0.508 e. The third-order valence-electron chi connectivity index (χ3n) is 11.2. The molecule has 3 saturated heterocycles. The maximum absolute atomic E-state index is 17.0. The smallest absolute Gasteiger partial charge is 0.319 e. The van der Waals surface area contributed by atoms with Gasteiger partial charge in [0.15, 0.2) is 11.6 Å². The second-order valence-electron chi connectivity index (χ2n) is 14.4. The number of likely N-dealkylation sites (N-methyl/N-ethyl adjacent to an activating group) is 1. The van der Waals surface area contributed by atoms with Crippen LogP contribution in [-0.2, 0) is 4.79 Å². The summed E-state index contributed by atoms with van der Waals surface area (Å²) in [6.45, 7) is 3.13. The van der Waals surface area contributed by atoms with Crippen molar-refractivity contribution in [3.63, 3.8) is 0 Å². The number of terminal acetylenes is 1. The van der Waals surface area contributed by atoms with Gasteiger partial charge in [0.25, 0.3) is 5.91 Å². The van der Waals surface area contributed by atoms with E-state index in [0.717, 1.165) is 25.5 Å². The molecule has 0 radical (unpaired) electrons. The number of nitrogens with zero attached hydrogens (tertiary/aromatic N) is 8. The number of phenolic OH excluding ortho intramolecular Hbond substituents is 1. The van der Waals surface area contributed by atoms with E-state index in [9.17, 15) is 18.7 Å². The monoisotopic (exact) mass is 752 g/mol. The molecule has 3 fully saturated rings. The van der Waals surface area contributed by atoms with Crippen molar-refractivity contribution in [2.24, 2.45) is 0 Å². The van der Waals surface area contributed by atoms with E-state index in [4.69, 9.17) is 16.1 Å². The summed E-state index contributed by atoms with van der Waals surface area (Å²) in [6.07, 6.45) is 10.9. The number of aromatic nitrogens is 5. The summed E-state index contributed by atoms with van der Waals surface area (Å²) < 4.78 is 68.0. The van der Waals surface area contributed by atoms with Crippen LogP contribution in [0.25, 0.3) is 39.0 Å². The van der Waals surface area contributed by atoms with Gasteiger partial charge >= 0.3 is 6.01 Å². The van der Waals surface area contributed by atoms with Crippen molar-refractivity contribution in [3.8, 4) is 35.4 Å². The third-order valence-corrected chi connectivity index (χ3v) is 11.2. The fourth-order valence-corrected chi connectivity index (χ4v) is 8.55. The van der Waals surface area contributed by atoms with Crippen LogP contribution in [0.5, 0.6) is 11.8 Å². The van der Waals surface area contributed by atoms with Crippen molar-refractivity contribution in [1.29, 1.82) is 0 Å². The molecule has 8 rings (SSSR count). The molecule has 55 heavy (non-hydrogen) atoms. The number of amides is 1. The van der Waals surface area contributed by atoms with E-state index in [0.29, 0.717) is 24.8 Å². The van der Waals surface area contributed by atoms with Crippen LogP contribution < -0.4 is 9.64 Å². The predicted molar refractivity (Wildman–Crippen MR) is 197 cm³/mol. The number of anilines is 1. The zero-order valence-corrected chi connectivity index (χ0v) is 30.0. The first-order valence-electron chi connectivity index (χ1n) is 18.0. The van der Waals surface area contributed by atoms with Crippen molar-refractivity contribution in [2.75, 3.05) is 38.2 Å². The summed E-state index contributed by atoms with van der Waals surface area (Å²) in [5.74, 6) is -1.06. The Bertz CT molecular complexity index is 2410. The molecule has 4 atom stereocenters. The SMILES string of the molecule is C#Cc1c(F)ccc2cc(O)cc(-c3ncc4c(N(C)C5CCN(C(=O)/C(F)=C/c6cccnn6)C5C)nc(OC[C@@]56CCCN5CC(F)C6)nc4c3F)c12. The summed E-state index contributed by atoms with van der Waals surface area (Å²) in [4.78, 5) is 32.2. The standard InChI is InChI=1S/C40H36F4N8O3/c1-4-27-30(42)9-8-23-15-26(53)17-28(33(23)27)35-34(44)36-29(19-45-35)37(48-39(47-36)55-21-40-11-6-13-51(40)20-24(41)18-40)50(3)32-10-14-52(22(32)2)38(54)31(43)16-25-7-5-12-46-49-25/h1,5,7-9,12,15-17,19,22,24,32,53H,6,10-11,13-14,18,20-21H2,2-3H3/b31-16-/t22?,24?,32?,40-/m0/s1. The third kappa shape index (κ3) is 6.33. The first-order chi connectivity index (χ1) is 26.5. The number of hydrogen-bond donors (Lipinski definition) is 1. The lowest BCUT2D eigenvalue weighted by molar-refractivity contribution is -0.129. The number of ether oxygens (including phenoxy) is 1. The van der Waals surface area contributed by atoms with Crippen molar-refractivity contribution >= 4 is 39.5 Å². The van der Waals surface area contributed by atoms with E-state index in [2.05, 4.69) is 31.0 Å². The topological polar surface area (TPSA) is 121 Å². The van der Waals surface area contributed by atoms with Gasteiger partial charge in [0.2, 0.25) is 0 Å².